The fourth-order valence-electron chi connectivity index (χ4n) is 5.69. The maximum Gasteiger partial charge on any atom is 0.0175 e. The molecule has 0 nitrogen and oxygen atoms in total. The van der Waals surface area contributed by atoms with Gasteiger partial charge in [-0.15, -0.1) is 0 Å². The van der Waals surface area contributed by atoms with Gasteiger partial charge in [-0.1, -0.05) is 153 Å². The Morgan fingerprint density at radius 3 is 0.750 bits per heavy atom. The van der Waals surface area contributed by atoms with Crippen molar-refractivity contribution in [2.45, 2.75) is 0 Å². The van der Waals surface area contributed by atoms with Crippen molar-refractivity contribution in [3.8, 4) is 44.5 Å². The average Bonchev–Trinajstić information content (AvgIpc) is 3.01. The molecule has 0 amide bonds. The van der Waals surface area contributed by atoms with Gasteiger partial charge in [0, 0.05) is 8.95 Å². The molecule has 0 spiro atoms. The van der Waals surface area contributed by atoms with Gasteiger partial charge in [-0.2, -0.15) is 0 Å². The van der Waals surface area contributed by atoms with Crippen LogP contribution in [0.3, 0.4) is 0 Å². The highest BCUT2D eigenvalue weighted by molar-refractivity contribution is 9.10. The second kappa shape index (κ2) is 10.5. The maximum absolute atomic E-state index is 3.54. The lowest BCUT2D eigenvalue weighted by Gasteiger charge is -2.18. The molecule has 0 fully saturated rings. The van der Waals surface area contributed by atoms with Gasteiger partial charge in [-0.25, -0.2) is 0 Å². The van der Waals surface area contributed by atoms with Gasteiger partial charge in [0.2, 0.25) is 0 Å². The fourth-order valence-corrected chi connectivity index (χ4v) is 6.22. The lowest BCUT2D eigenvalue weighted by Crippen LogP contribution is -1.91. The van der Waals surface area contributed by atoms with Gasteiger partial charge in [-0.05, 0) is 90.3 Å². The van der Waals surface area contributed by atoms with E-state index in [2.05, 4.69) is 177 Å². The summed E-state index contributed by atoms with van der Waals surface area (Å²) in [5, 5.41) is 5.07. The van der Waals surface area contributed by atoms with Crippen molar-refractivity contribution in [2.75, 3.05) is 0 Å². The molecule has 0 saturated heterocycles. The lowest BCUT2D eigenvalue weighted by atomic mass is 9.85. The number of rotatable bonds is 4. The van der Waals surface area contributed by atoms with E-state index in [1.807, 2.05) is 0 Å². The number of hydrogen-bond acceptors (Lipinski definition) is 0. The predicted octanol–water partition coefficient (Wildman–Crippen LogP) is 12.2. The van der Waals surface area contributed by atoms with Crippen molar-refractivity contribution in [2.24, 2.45) is 0 Å². The van der Waals surface area contributed by atoms with Gasteiger partial charge in [0.25, 0.3) is 0 Å². The lowest BCUT2D eigenvalue weighted by molar-refractivity contribution is 1.58. The van der Waals surface area contributed by atoms with Gasteiger partial charge >= 0.3 is 0 Å². The van der Waals surface area contributed by atoms with E-state index < -0.39 is 0 Å². The highest BCUT2D eigenvalue weighted by Crippen LogP contribution is 2.44. The summed E-state index contributed by atoms with van der Waals surface area (Å²) in [4.78, 5) is 0. The second-order valence-corrected chi connectivity index (χ2v) is 11.8. The van der Waals surface area contributed by atoms with Crippen LogP contribution in [0.4, 0.5) is 0 Å². The van der Waals surface area contributed by atoms with Crippen LogP contribution in [0, 0.1) is 0 Å². The van der Waals surface area contributed by atoms with Crippen LogP contribution in [-0.4, -0.2) is 0 Å². The SMILES string of the molecule is Brc1ccc(-c2ccc(-c3c4ccccc4c(-c4ccc(-c5ccc(Br)cc5)cc4)c4ccccc34)cc2)cc1. The van der Waals surface area contributed by atoms with Crippen LogP contribution in [0.15, 0.2) is 155 Å². The molecule has 0 radical (unpaired) electrons. The van der Waals surface area contributed by atoms with Crippen molar-refractivity contribution >= 4 is 53.4 Å². The number of fused-ring (bicyclic) bond motifs is 2. The van der Waals surface area contributed by atoms with Gasteiger partial charge < -0.3 is 0 Å². The van der Waals surface area contributed by atoms with Crippen LogP contribution >= 0.6 is 31.9 Å². The standard InChI is InChI=1S/C38H24Br2/c39-31-21-17-27(18-22-31)25-9-13-29(14-10-25)37-33-5-1-2-6-34(33)38(36-8-4-3-7-35(36)37)30-15-11-26(12-16-30)28-19-23-32(40)24-20-28/h1-24H. The molecule has 40 heavy (non-hydrogen) atoms. The van der Waals surface area contributed by atoms with Gasteiger partial charge in [0.15, 0.2) is 0 Å². The Balaban J connectivity index is 1.39. The topological polar surface area (TPSA) is 0 Å². The van der Waals surface area contributed by atoms with Crippen molar-refractivity contribution in [1.29, 1.82) is 0 Å². The molecule has 7 aromatic rings. The van der Waals surface area contributed by atoms with Crippen molar-refractivity contribution < 1.29 is 0 Å². The molecule has 2 heteroatoms. The van der Waals surface area contributed by atoms with Crippen LogP contribution in [0.2, 0.25) is 0 Å². The third kappa shape index (κ3) is 4.58. The summed E-state index contributed by atoms with van der Waals surface area (Å²) in [6.07, 6.45) is 0. The number of hydrogen-bond donors (Lipinski definition) is 0. The highest BCUT2D eigenvalue weighted by atomic mass is 79.9. The van der Waals surface area contributed by atoms with Gasteiger partial charge in [0.05, 0.1) is 0 Å². The summed E-state index contributed by atoms with van der Waals surface area (Å²) in [6.45, 7) is 0. The number of halogens is 2. The highest BCUT2D eigenvalue weighted by Gasteiger charge is 2.16. The van der Waals surface area contributed by atoms with E-state index in [1.54, 1.807) is 0 Å². The summed E-state index contributed by atoms with van der Waals surface area (Å²) >= 11 is 7.09. The van der Waals surface area contributed by atoms with E-state index in [0.717, 1.165) is 8.95 Å². The summed E-state index contributed by atoms with van der Waals surface area (Å²) < 4.78 is 2.18. The quantitative estimate of drug-likeness (QED) is 0.168. The minimum Gasteiger partial charge on any atom is -0.0616 e. The zero-order chi connectivity index (χ0) is 27.1. The molecular formula is C38H24Br2. The summed E-state index contributed by atoms with van der Waals surface area (Å²) in [6, 6.07) is 52.6. The summed E-state index contributed by atoms with van der Waals surface area (Å²) in [5.41, 5.74) is 9.88. The molecule has 0 N–H and O–H groups in total. The zero-order valence-corrected chi connectivity index (χ0v) is 24.8. The first-order chi connectivity index (χ1) is 19.7. The first-order valence-electron chi connectivity index (χ1n) is 13.3. The molecule has 0 unspecified atom stereocenters. The van der Waals surface area contributed by atoms with Gasteiger partial charge in [-0.3, -0.25) is 0 Å². The van der Waals surface area contributed by atoms with Crippen molar-refractivity contribution in [1.82, 2.24) is 0 Å². The maximum atomic E-state index is 3.54. The fraction of sp³-hybridized carbons (Fsp3) is 0. The van der Waals surface area contributed by atoms with Crippen LogP contribution in [-0.2, 0) is 0 Å². The van der Waals surface area contributed by atoms with Crippen LogP contribution in [0.25, 0.3) is 66.1 Å². The molecule has 7 rings (SSSR count). The Hall–Kier alpha value is -3.98. The van der Waals surface area contributed by atoms with Crippen LogP contribution < -0.4 is 0 Å². The molecule has 0 aliphatic rings. The van der Waals surface area contributed by atoms with Crippen LogP contribution in [0.1, 0.15) is 0 Å². The molecular weight excluding hydrogens is 616 g/mol. The minimum atomic E-state index is 1.09. The Morgan fingerprint density at radius 1 is 0.250 bits per heavy atom. The monoisotopic (exact) mass is 638 g/mol. The molecule has 0 saturated carbocycles. The Kier molecular flexibility index (Phi) is 6.59. The first kappa shape index (κ1) is 25.0. The molecule has 0 heterocycles. The number of benzene rings is 7. The van der Waals surface area contributed by atoms with E-state index in [9.17, 15) is 0 Å². The smallest absolute Gasteiger partial charge is 0.0175 e. The van der Waals surface area contributed by atoms with Crippen molar-refractivity contribution in [3.05, 3.63) is 155 Å². The average molecular weight is 640 g/mol. The Morgan fingerprint density at radius 2 is 0.475 bits per heavy atom. The summed E-state index contributed by atoms with van der Waals surface area (Å²) in [5.74, 6) is 0. The molecule has 0 atom stereocenters. The summed E-state index contributed by atoms with van der Waals surface area (Å²) in [7, 11) is 0. The molecule has 0 aromatic heterocycles. The minimum absolute atomic E-state index is 1.09. The Bertz CT molecular complexity index is 1760. The zero-order valence-electron chi connectivity index (χ0n) is 21.6. The third-order valence-electron chi connectivity index (χ3n) is 7.63. The first-order valence-corrected chi connectivity index (χ1v) is 14.9. The Labute approximate surface area is 251 Å². The third-order valence-corrected chi connectivity index (χ3v) is 8.69. The molecule has 0 bridgehead atoms. The predicted molar refractivity (Wildman–Crippen MR) is 179 cm³/mol. The van der Waals surface area contributed by atoms with E-state index >= 15 is 0 Å². The van der Waals surface area contributed by atoms with E-state index in [0.29, 0.717) is 0 Å². The molecule has 190 valence electrons. The van der Waals surface area contributed by atoms with Gasteiger partial charge in [0.1, 0.15) is 0 Å². The van der Waals surface area contributed by atoms with Crippen molar-refractivity contribution in [3.63, 3.8) is 0 Å². The second-order valence-electron chi connectivity index (χ2n) is 10.0. The normalized spacial score (nSPS) is 11.2. The molecule has 7 aromatic carbocycles. The largest absolute Gasteiger partial charge is 0.0616 e. The van der Waals surface area contributed by atoms with E-state index in [4.69, 9.17) is 0 Å². The van der Waals surface area contributed by atoms with E-state index in [-0.39, 0.29) is 0 Å². The van der Waals surface area contributed by atoms with Crippen LogP contribution in [0.5, 0.6) is 0 Å². The molecule has 0 aliphatic heterocycles. The molecule has 0 aliphatic carbocycles. The van der Waals surface area contributed by atoms with E-state index in [1.165, 1.54) is 66.1 Å².